The molecular formula is C16H15N3O3. The number of para-hydroxylation sites is 1. The van der Waals surface area contributed by atoms with E-state index in [1.165, 1.54) is 6.20 Å². The molecule has 0 unspecified atom stereocenters. The van der Waals surface area contributed by atoms with Gasteiger partial charge in [0.2, 0.25) is 0 Å². The second-order valence-corrected chi connectivity index (χ2v) is 4.25. The summed E-state index contributed by atoms with van der Waals surface area (Å²) in [4.78, 5) is 27.8. The van der Waals surface area contributed by atoms with Crippen molar-refractivity contribution < 1.29 is 14.3 Å². The molecule has 0 saturated carbocycles. The highest BCUT2D eigenvalue weighted by atomic mass is 16.5. The average molecular weight is 297 g/mol. The summed E-state index contributed by atoms with van der Waals surface area (Å²) in [7, 11) is 0. The average Bonchev–Trinajstić information content (AvgIpc) is 2.58. The van der Waals surface area contributed by atoms with Gasteiger partial charge in [-0.1, -0.05) is 24.8 Å². The van der Waals surface area contributed by atoms with E-state index >= 15 is 0 Å². The molecule has 2 rings (SSSR count). The Morgan fingerprint density at radius 3 is 2.64 bits per heavy atom. The second kappa shape index (κ2) is 7.58. The van der Waals surface area contributed by atoms with Crippen LogP contribution in [0.1, 0.15) is 20.7 Å². The van der Waals surface area contributed by atoms with Crippen LogP contribution in [-0.2, 0) is 0 Å². The minimum atomic E-state index is -0.475. The number of nitrogens with zero attached hydrogens (tertiary/aromatic N) is 1. The lowest BCUT2D eigenvalue weighted by atomic mass is 10.2. The van der Waals surface area contributed by atoms with Crippen molar-refractivity contribution in [2.75, 3.05) is 6.61 Å². The molecule has 0 radical (unpaired) electrons. The Morgan fingerprint density at radius 1 is 1.14 bits per heavy atom. The first-order valence-corrected chi connectivity index (χ1v) is 6.56. The number of hydrazine groups is 1. The van der Waals surface area contributed by atoms with Crippen LogP contribution < -0.4 is 15.6 Å². The quantitative estimate of drug-likeness (QED) is 0.650. The molecule has 0 saturated heterocycles. The third kappa shape index (κ3) is 3.92. The van der Waals surface area contributed by atoms with Crippen LogP contribution in [0.15, 0.2) is 61.4 Å². The van der Waals surface area contributed by atoms with Crippen LogP contribution in [0, 0.1) is 0 Å². The zero-order valence-corrected chi connectivity index (χ0v) is 11.8. The number of amides is 2. The fourth-order valence-corrected chi connectivity index (χ4v) is 1.68. The minimum Gasteiger partial charge on any atom is -0.489 e. The molecule has 6 nitrogen and oxygen atoms in total. The summed E-state index contributed by atoms with van der Waals surface area (Å²) in [5, 5.41) is 0. The molecule has 0 fully saturated rings. The van der Waals surface area contributed by atoms with E-state index in [0.717, 1.165) is 0 Å². The van der Waals surface area contributed by atoms with Crippen molar-refractivity contribution in [3.63, 3.8) is 0 Å². The molecular weight excluding hydrogens is 282 g/mol. The van der Waals surface area contributed by atoms with E-state index in [0.29, 0.717) is 16.9 Å². The van der Waals surface area contributed by atoms with E-state index in [9.17, 15) is 9.59 Å². The van der Waals surface area contributed by atoms with Crippen molar-refractivity contribution in [1.29, 1.82) is 0 Å². The minimum absolute atomic E-state index is 0.284. The van der Waals surface area contributed by atoms with Crippen LogP contribution >= 0.6 is 0 Å². The summed E-state index contributed by atoms with van der Waals surface area (Å²) in [5.41, 5.74) is 5.33. The Hall–Kier alpha value is -3.15. The largest absolute Gasteiger partial charge is 0.489 e. The normalized spacial score (nSPS) is 9.64. The fraction of sp³-hybridized carbons (Fsp3) is 0.0625. The Kier molecular flexibility index (Phi) is 5.25. The van der Waals surface area contributed by atoms with E-state index in [4.69, 9.17) is 4.74 Å². The first kappa shape index (κ1) is 15.2. The van der Waals surface area contributed by atoms with Gasteiger partial charge in [-0.05, 0) is 24.3 Å². The van der Waals surface area contributed by atoms with Crippen LogP contribution in [0.2, 0.25) is 0 Å². The number of hydrogen-bond acceptors (Lipinski definition) is 4. The van der Waals surface area contributed by atoms with Gasteiger partial charge in [-0.3, -0.25) is 25.4 Å². The Balaban J connectivity index is 2.01. The van der Waals surface area contributed by atoms with Crippen LogP contribution in [0.25, 0.3) is 0 Å². The number of aromatic nitrogens is 1. The van der Waals surface area contributed by atoms with Gasteiger partial charge in [0.1, 0.15) is 12.4 Å². The van der Waals surface area contributed by atoms with Gasteiger partial charge in [0, 0.05) is 12.4 Å². The number of nitrogens with one attached hydrogen (secondary N) is 2. The molecule has 2 amide bonds. The van der Waals surface area contributed by atoms with Gasteiger partial charge in [0.05, 0.1) is 11.1 Å². The van der Waals surface area contributed by atoms with Crippen molar-refractivity contribution >= 4 is 11.8 Å². The standard InChI is InChI=1S/C16H15N3O3/c1-2-10-22-14-8-4-3-7-13(14)16(21)19-18-15(20)12-6-5-9-17-11-12/h2-9,11H,1,10H2,(H,18,20)(H,19,21). The van der Waals surface area contributed by atoms with Crippen LogP contribution in [0.4, 0.5) is 0 Å². The number of ether oxygens (including phenoxy) is 1. The van der Waals surface area contributed by atoms with Gasteiger partial charge in [-0.25, -0.2) is 0 Å². The number of carbonyl (C=O) groups excluding carboxylic acids is 2. The molecule has 6 heteroatoms. The molecule has 0 spiro atoms. The van der Waals surface area contributed by atoms with Gasteiger partial charge >= 0.3 is 0 Å². The van der Waals surface area contributed by atoms with Crippen molar-refractivity contribution in [2.45, 2.75) is 0 Å². The lowest BCUT2D eigenvalue weighted by molar-refractivity contribution is 0.0844. The maximum atomic E-state index is 12.1. The zero-order valence-electron chi connectivity index (χ0n) is 11.8. The molecule has 1 aromatic heterocycles. The van der Waals surface area contributed by atoms with Crippen molar-refractivity contribution in [3.8, 4) is 5.75 Å². The lowest BCUT2D eigenvalue weighted by Crippen LogP contribution is -2.41. The molecule has 1 heterocycles. The van der Waals surface area contributed by atoms with Crippen molar-refractivity contribution in [3.05, 3.63) is 72.6 Å². The van der Waals surface area contributed by atoms with Crippen molar-refractivity contribution in [2.24, 2.45) is 0 Å². The SMILES string of the molecule is C=CCOc1ccccc1C(=O)NNC(=O)c1cccnc1. The predicted octanol–water partition coefficient (Wildman–Crippen LogP) is 1.72. The number of pyridine rings is 1. The highest BCUT2D eigenvalue weighted by Crippen LogP contribution is 2.17. The van der Waals surface area contributed by atoms with Crippen molar-refractivity contribution in [1.82, 2.24) is 15.8 Å². The Labute approximate surface area is 127 Å². The van der Waals surface area contributed by atoms with E-state index < -0.39 is 11.8 Å². The van der Waals surface area contributed by atoms with E-state index in [2.05, 4.69) is 22.4 Å². The molecule has 22 heavy (non-hydrogen) atoms. The first-order chi connectivity index (χ1) is 10.7. The Bertz CT molecular complexity index is 671. The van der Waals surface area contributed by atoms with E-state index in [1.54, 1.807) is 48.7 Å². The maximum Gasteiger partial charge on any atom is 0.273 e. The van der Waals surface area contributed by atoms with Gasteiger partial charge in [-0.2, -0.15) is 0 Å². The smallest absolute Gasteiger partial charge is 0.273 e. The molecule has 0 aliphatic carbocycles. The molecule has 2 aromatic rings. The van der Waals surface area contributed by atoms with E-state index in [-0.39, 0.29) is 6.61 Å². The highest BCUT2D eigenvalue weighted by molar-refractivity contribution is 6.00. The van der Waals surface area contributed by atoms with Gasteiger partial charge < -0.3 is 4.74 Å². The number of carbonyl (C=O) groups is 2. The Morgan fingerprint density at radius 2 is 1.91 bits per heavy atom. The summed E-state index contributed by atoms with van der Waals surface area (Å²) < 4.78 is 5.40. The first-order valence-electron chi connectivity index (χ1n) is 6.56. The lowest BCUT2D eigenvalue weighted by Gasteiger charge is -2.11. The highest BCUT2D eigenvalue weighted by Gasteiger charge is 2.13. The monoisotopic (exact) mass is 297 g/mol. The second-order valence-electron chi connectivity index (χ2n) is 4.25. The zero-order chi connectivity index (χ0) is 15.8. The third-order valence-corrected chi connectivity index (χ3v) is 2.70. The predicted molar refractivity (Wildman–Crippen MR) is 81.3 cm³/mol. The molecule has 0 atom stereocenters. The van der Waals surface area contributed by atoms with Crippen LogP contribution in [0.3, 0.4) is 0 Å². The topological polar surface area (TPSA) is 80.3 Å². The molecule has 1 aromatic carbocycles. The van der Waals surface area contributed by atoms with Crippen LogP contribution in [-0.4, -0.2) is 23.4 Å². The van der Waals surface area contributed by atoms with Gasteiger partial charge in [-0.15, -0.1) is 0 Å². The number of benzene rings is 1. The summed E-state index contributed by atoms with van der Waals surface area (Å²) in [6.45, 7) is 3.84. The van der Waals surface area contributed by atoms with Gasteiger partial charge in [0.25, 0.3) is 11.8 Å². The molecule has 0 aliphatic heterocycles. The fourth-order valence-electron chi connectivity index (χ4n) is 1.68. The van der Waals surface area contributed by atoms with Gasteiger partial charge in [0.15, 0.2) is 0 Å². The third-order valence-electron chi connectivity index (χ3n) is 2.70. The summed E-state index contributed by atoms with van der Waals surface area (Å²) >= 11 is 0. The summed E-state index contributed by atoms with van der Waals surface area (Å²) in [5.74, 6) is -0.515. The number of rotatable bonds is 5. The van der Waals surface area contributed by atoms with E-state index in [1.807, 2.05) is 0 Å². The van der Waals surface area contributed by atoms with Crippen LogP contribution in [0.5, 0.6) is 5.75 Å². The maximum absolute atomic E-state index is 12.1. The molecule has 0 aliphatic rings. The number of hydrogen-bond donors (Lipinski definition) is 2. The molecule has 112 valence electrons. The molecule has 0 bridgehead atoms. The summed E-state index contributed by atoms with van der Waals surface area (Å²) in [6.07, 6.45) is 4.55. The molecule has 2 N–H and O–H groups in total. The summed E-state index contributed by atoms with van der Waals surface area (Å²) in [6, 6.07) is 9.96.